The molecule has 2 rings (SSSR count). The summed E-state index contributed by atoms with van der Waals surface area (Å²) in [5, 5.41) is 0. The van der Waals surface area contributed by atoms with E-state index in [4.69, 9.17) is 15.0 Å². The molecular formula is C21H35BN2O5S. The Morgan fingerprint density at radius 1 is 1.10 bits per heavy atom. The van der Waals surface area contributed by atoms with Gasteiger partial charge < -0.3 is 15.0 Å². The van der Waals surface area contributed by atoms with E-state index < -0.39 is 45.7 Å². The lowest BCUT2D eigenvalue weighted by Gasteiger charge is -2.32. The van der Waals surface area contributed by atoms with Gasteiger partial charge in [-0.05, 0) is 66.0 Å². The molecule has 0 aliphatic carbocycles. The zero-order chi connectivity index (χ0) is 23.3. The molecule has 1 saturated heterocycles. The molecule has 30 heavy (non-hydrogen) atoms. The maximum absolute atomic E-state index is 13.3. The monoisotopic (exact) mass is 438 g/mol. The van der Waals surface area contributed by atoms with Gasteiger partial charge in [-0.15, -0.1) is 0 Å². The van der Waals surface area contributed by atoms with Gasteiger partial charge in [0.1, 0.15) is 0 Å². The number of carbonyl (C=O) groups is 1. The van der Waals surface area contributed by atoms with Crippen LogP contribution in [0, 0.1) is 5.92 Å². The lowest BCUT2D eigenvalue weighted by atomic mass is 9.77. The van der Waals surface area contributed by atoms with Crippen molar-refractivity contribution in [2.45, 2.75) is 89.9 Å². The van der Waals surface area contributed by atoms with Gasteiger partial charge in [0, 0.05) is 11.0 Å². The van der Waals surface area contributed by atoms with Crippen LogP contribution in [0.15, 0.2) is 23.1 Å². The SMILES string of the molecule is CC(C)C(C(N)=O)c1ccc(B2OC(C)(C)C(C)(C)O2)c(S(=O)(=O)NC(C)(C)C)c1. The van der Waals surface area contributed by atoms with Crippen molar-refractivity contribution in [2.24, 2.45) is 11.7 Å². The first kappa shape index (κ1) is 24.9. The van der Waals surface area contributed by atoms with E-state index in [2.05, 4.69) is 4.72 Å². The number of rotatable bonds is 6. The summed E-state index contributed by atoms with van der Waals surface area (Å²) in [6.07, 6.45) is 0. The first-order chi connectivity index (χ1) is 13.4. The minimum Gasteiger partial charge on any atom is -0.399 e. The minimum atomic E-state index is -3.93. The van der Waals surface area contributed by atoms with Crippen LogP contribution in [0.4, 0.5) is 0 Å². The van der Waals surface area contributed by atoms with Crippen LogP contribution in [0.2, 0.25) is 0 Å². The second-order valence-electron chi connectivity index (χ2n) is 10.4. The zero-order valence-electron chi connectivity index (χ0n) is 19.5. The highest BCUT2D eigenvalue weighted by Crippen LogP contribution is 2.37. The molecule has 1 atom stereocenters. The van der Waals surface area contributed by atoms with Crippen molar-refractivity contribution in [1.29, 1.82) is 0 Å². The molecule has 1 aromatic rings. The van der Waals surface area contributed by atoms with E-state index in [1.807, 2.05) is 41.5 Å². The second-order valence-corrected chi connectivity index (χ2v) is 12.0. The quantitative estimate of drug-likeness (QED) is 0.663. The molecule has 0 radical (unpaired) electrons. The van der Waals surface area contributed by atoms with Crippen molar-refractivity contribution in [3.63, 3.8) is 0 Å². The maximum atomic E-state index is 13.3. The molecule has 0 bridgehead atoms. The Morgan fingerprint density at radius 2 is 1.60 bits per heavy atom. The Hall–Kier alpha value is -1.42. The topological polar surface area (TPSA) is 108 Å². The number of sulfonamides is 1. The van der Waals surface area contributed by atoms with Crippen molar-refractivity contribution in [2.75, 3.05) is 0 Å². The van der Waals surface area contributed by atoms with Gasteiger partial charge in [-0.1, -0.05) is 26.0 Å². The highest BCUT2D eigenvalue weighted by molar-refractivity contribution is 7.89. The van der Waals surface area contributed by atoms with Crippen LogP contribution in [0.5, 0.6) is 0 Å². The van der Waals surface area contributed by atoms with Crippen molar-refractivity contribution in [3.8, 4) is 0 Å². The smallest absolute Gasteiger partial charge is 0.399 e. The summed E-state index contributed by atoms with van der Waals surface area (Å²) in [7, 11) is -4.79. The average molecular weight is 438 g/mol. The summed E-state index contributed by atoms with van der Waals surface area (Å²) in [6.45, 7) is 16.7. The first-order valence-electron chi connectivity index (χ1n) is 10.2. The summed E-state index contributed by atoms with van der Waals surface area (Å²) in [4.78, 5) is 12.1. The molecular weight excluding hydrogens is 403 g/mol. The molecule has 1 aromatic carbocycles. The number of primary amides is 1. The van der Waals surface area contributed by atoms with Crippen LogP contribution in [0.3, 0.4) is 0 Å². The van der Waals surface area contributed by atoms with E-state index >= 15 is 0 Å². The largest absolute Gasteiger partial charge is 0.496 e. The van der Waals surface area contributed by atoms with Crippen molar-refractivity contribution < 1.29 is 22.5 Å². The lowest BCUT2D eigenvalue weighted by Crippen LogP contribution is -2.45. The normalized spacial score (nSPS) is 19.9. The predicted octanol–water partition coefficient (Wildman–Crippen LogP) is 2.29. The fraction of sp³-hybridized carbons (Fsp3) is 0.667. The highest BCUT2D eigenvalue weighted by atomic mass is 32.2. The van der Waals surface area contributed by atoms with Crippen LogP contribution >= 0.6 is 0 Å². The number of hydrogen-bond donors (Lipinski definition) is 2. The van der Waals surface area contributed by atoms with Gasteiger partial charge in [-0.2, -0.15) is 0 Å². The summed E-state index contributed by atoms with van der Waals surface area (Å²) in [5.41, 5.74) is 4.61. The highest BCUT2D eigenvalue weighted by Gasteiger charge is 2.53. The van der Waals surface area contributed by atoms with Crippen LogP contribution in [-0.4, -0.2) is 38.2 Å². The number of amides is 1. The van der Waals surface area contributed by atoms with E-state index in [0.29, 0.717) is 11.0 Å². The number of carbonyl (C=O) groups excluding carboxylic acids is 1. The second kappa shape index (κ2) is 7.93. The molecule has 1 unspecified atom stereocenters. The molecule has 1 heterocycles. The van der Waals surface area contributed by atoms with Gasteiger partial charge in [0.25, 0.3) is 0 Å². The first-order valence-corrected chi connectivity index (χ1v) is 11.7. The summed E-state index contributed by atoms with van der Waals surface area (Å²) >= 11 is 0. The molecule has 168 valence electrons. The number of nitrogens with one attached hydrogen (secondary N) is 1. The van der Waals surface area contributed by atoms with E-state index in [0.717, 1.165) is 0 Å². The minimum absolute atomic E-state index is 0.0281. The zero-order valence-corrected chi connectivity index (χ0v) is 20.3. The molecule has 7 nitrogen and oxygen atoms in total. The lowest BCUT2D eigenvalue weighted by molar-refractivity contribution is -0.120. The summed E-state index contributed by atoms with van der Waals surface area (Å²) < 4.78 is 41.5. The van der Waals surface area contributed by atoms with Crippen LogP contribution in [0.25, 0.3) is 0 Å². The standard InChI is InChI=1S/C21H35BN2O5S/c1-13(2)17(18(23)25)14-10-11-15(22-28-20(6,7)21(8,9)29-22)16(12-14)30(26,27)24-19(3,4)5/h10-13,17,24H,1-9H3,(H2,23,25). The predicted molar refractivity (Wildman–Crippen MR) is 119 cm³/mol. The fourth-order valence-corrected chi connectivity index (χ4v) is 5.16. The molecule has 1 amide bonds. The molecule has 1 aliphatic rings. The van der Waals surface area contributed by atoms with Crippen molar-refractivity contribution in [3.05, 3.63) is 23.8 Å². The third-order valence-electron chi connectivity index (χ3n) is 5.61. The van der Waals surface area contributed by atoms with Gasteiger partial charge in [0.15, 0.2) is 0 Å². The van der Waals surface area contributed by atoms with Crippen molar-refractivity contribution in [1.82, 2.24) is 4.72 Å². The van der Waals surface area contributed by atoms with Gasteiger partial charge in [-0.3, -0.25) is 4.79 Å². The number of benzene rings is 1. The Labute approximate surface area is 181 Å². The van der Waals surface area contributed by atoms with E-state index in [1.54, 1.807) is 32.9 Å². The molecule has 1 fully saturated rings. The van der Waals surface area contributed by atoms with Gasteiger partial charge >= 0.3 is 7.12 Å². The Morgan fingerprint density at radius 3 is 2.00 bits per heavy atom. The summed E-state index contributed by atoms with van der Waals surface area (Å²) in [5.74, 6) is -1.20. The molecule has 1 aliphatic heterocycles. The fourth-order valence-electron chi connectivity index (χ4n) is 3.48. The molecule has 3 N–H and O–H groups in total. The van der Waals surface area contributed by atoms with Gasteiger partial charge in [-0.25, -0.2) is 13.1 Å². The number of nitrogens with two attached hydrogens (primary N) is 1. The van der Waals surface area contributed by atoms with E-state index in [-0.39, 0.29) is 10.8 Å². The molecule has 9 heteroatoms. The van der Waals surface area contributed by atoms with Gasteiger partial charge in [0.05, 0.1) is 22.0 Å². The molecule has 0 aromatic heterocycles. The summed E-state index contributed by atoms with van der Waals surface area (Å²) in [6, 6.07) is 4.91. The van der Waals surface area contributed by atoms with Crippen LogP contribution in [-0.2, 0) is 24.1 Å². The Balaban J connectivity index is 2.67. The van der Waals surface area contributed by atoms with Crippen molar-refractivity contribution >= 4 is 28.5 Å². The molecule has 0 saturated carbocycles. The number of hydrogen-bond acceptors (Lipinski definition) is 5. The third kappa shape index (κ3) is 5.07. The third-order valence-corrected chi connectivity index (χ3v) is 7.42. The van der Waals surface area contributed by atoms with E-state index in [1.165, 1.54) is 6.07 Å². The van der Waals surface area contributed by atoms with Crippen LogP contribution in [0.1, 0.15) is 73.8 Å². The maximum Gasteiger partial charge on any atom is 0.496 e. The van der Waals surface area contributed by atoms with Gasteiger partial charge in [0.2, 0.25) is 15.9 Å². The van der Waals surface area contributed by atoms with Crippen LogP contribution < -0.4 is 15.9 Å². The average Bonchev–Trinajstić information content (AvgIpc) is 2.72. The van der Waals surface area contributed by atoms with E-state index in [9.17, 15) is 13.2 Å². The Kier molecular flexibility index (Phi) is 6.57. The Bertz CT molecular complexity index is 904. The molecule has 0 spiro atoms.